The molecule has 214 valence electrons. The van der Waals surface area contributed by atoms with E-state index in [-0.39, 0.29) is 24.6 Å². The minimum Gasteiger partial charge on any atom is -0.493 e. The second-order valence-electron chi connectivity index (χ2n) is 9.42. The van der Waals surface area contributed by atoms with Gasteiger partial charge in [0, 0.05) is 25.6 Å². The Balaban J connectivity index is 2.06. The van der Waals surface area contributed by atoms with E-state index in [1.165, 1.54) is 25.2 Å². The van der Waals surface area contributed by atoms with Crippen molar-refractivity contribution in [2.75, 3.05) is 37.9 Å². The first kappa shape index (κ1) is 30.5. The van der Waals surface area contributed by atoms with Crippen LogP contribution in [0.25, 0.3) is 0 Å². The molecule has 0 aliphatic carbocycles. The smallest absolute Gasteiger partial charge is 0.244 e. The van der Waals surface area contributed by atoms with Crippen LogP contribution in [-0.4, -0.2) is 64.7 Å². The van der Waals surface area contributed by atoms with Gasteiger partial charge in [0.1, 0.15) is 12.6 Å². The zero-order chi connectivity index (χ0) is 29.3. The molecule has 0 saturated heterocycles. The maximum Gasteiger partial charge on any atom is 0.244 e. The third-order valence-electron chi connectivity index (χ3n) is 6.39. The first-order chi connectivity index (χ1) is 19.1. The van der Waals surface area contributed by atoms with Crippen molar-refractivity contribution in [3.8, 4) is 11.5 Å². The average Bonchev–Trinajstić information content (AvgIpc) is 2.93. The second kappa shape index (κ2) is 13.8. The summed E-state index contributed by atoms with van der Waals surface area (Å²) in [5.74, 6) is -0.0912. The molecule has 40 heavy (non-hydrogen) atoms. The summed E-state index contributed by atoms with van der Waals surface area (Å²) in [6.07, 6.45) is 1.30. The number of nitrogens with one attached hydrogen (secondary N) is 1. The number of carbonyl (C=O) groups excluding carboxylic acids is 2. The van der Waals surface area contributed by atoms with Crippen LogP contribution in [0.1, 0.15) is 23.6 Å². The minimum atomic E-state index is -3.90. The van der Waals surface area contributed by atoms with E-state index in [0.717, 1.165) is 27.3 Å². The minimum absolute atomic E-state index is 0.124. The van der Waals surface area contributed by atoms with Crippen molar-refractivity contribution >= 4 is 27.5 Å². The highest BCUT2D eigenvalue weighted by molar-refractivity contribution is 7.92. The van der Waals surface area contributed by atoms with E-state index in [1.807, 2.05) is 68.4 Å². The van der Waals surface area contributed by atoms with E-state index in [4.69, 9.17) is 9.47 Å². The summed E-state index contributed by atoms with van der Waals surface area (Å²) >= 11 is 0. The molecule has 0 aliphatic heterocycles. The maximum absolute atomic E-state index is 14.1. The molecule has 0 aliphatic rings. The standard InChI is InChI=1S/C30H37N3O6S/c1-6-31-30(35)26(18-23-12-8-7-9-13-23)32(20-24-14-10-11-22(2)17-24)29(34)21-33(40(5,36)37)25-15-16-27(38-3)28(19-25)39-4/h7-17,19,26H,6,18,20-21H2,1-5H3,(H,31,35)/t26-/m1/s1. The molecular weight excluding hydrogens is 530 g/mol. The van der Waals surface area contributed by atoms with Crippen LogP contribution in [0.4, 0.5) is 5.69 Å². The first-order valence-corrected chi connectivity index (χ1v) is 14.8. The zero-order valence-corrected chi connectivity index (χ0v) is 24.4. The molecular formula is C30H37N3O6S. The van der Waals surface area contributed by atoms with Gasteiger partial charge in [-0.15, -0.1) is 0 Å². The molecule has 0 unspecified atom stereocenters. The van der Waals surface area contributed by atoms with E-state index in [2.05, 4.69) is 5.32 Å². The quantitative estimate of drug-likeness (QED) is 0.339. The number of hydrogen-bond donors (Lipinski definition) is 1. The van der Waals surface area contributed by atoms with E-state index in [0.29, 0.717) is 18.0 Å². The fraction of sp³-hybridized carbons (Fsp3) is 0.333. The third kappa shape index (κ3) is 7.98. The Morgan fingerprint density at radius 2 is 1.57 bits per heavy atom. The highest BCUT2D eigenvalue weighted by Crippen LogP contribution is 2.32. The molecule has 0 spiro atoms. The van der Waals surface area contributed by atoms with E-state index in [9.17, 15) is 18.0 Å². The third-order valence-corrected chi connectivity index (χ3v) is 7.53. The number of anilines is 1. The molecule has 3 aromatic carbocycles. The van der Waals surface area contributed by atoms with Gasteiger partial charge < -0.3 is 19.7 Å². The van der Waals surface area contributed by atoms with Crippen LogP contribution in [0, 0.1) is 6.92 Å². The second-order valence-corrected chi connectivity index (χ2v) is 11.3. The summed E-state index contributed by atoms with van der Waals surface area (Å²) in [4.78, 5) is 28.9. The molecule has 0 aromatic heterocycles. The van der Waals surface area contributed by atoms with Crippen molar-refractivity contribution in [3.63, 3.8) is 0 Å². The predicted octanol–water partition coefficient (Wildman–Crippen LogP) is 3.55. The SMILES string of the molecule is CCNC(=O)[C@@H](Cc1ccccc1)N(Cc1cccc(C)c1)C(=O)CN(c1ccc(OC)c(OC)c1)S(C)(=O)=O. The number of aryl methyl sites for hydroxylation is 1. The summed E-state index contributed by atoms with van der Waals surface area (Å²) in [7, 11) is -0.972. The number of sulfonamides is 1. The Bertz CT molecular complexity index is 1410. The van der Waals surface area contributed by atoms with Crippen LogP contribution >= 0.6 is 0 Å². The van der Waals surface area contributed by atoms with E-state index >= 15 is 0 Å². The monoisotopic (exact) mass is 567 g/mol. The molecule has 1 N–H and O–H groups in total. The number of likely N-dealkylation sites (N-methyl/N-ethyl adjacent to an activating group) is 1. The number of rotatable bonds is 13. The van der Waals surface area contributed by atoms with Crippen LogP contribution in [0.2, 0.25) is 0 Å². The highest BCUT2D eigenvalue weighted by atomic mass is 32.2. The van der Waals surface area contributed by atoms with Gasteiger partial charge in [-0.3, -0.25) is 13.9 Å². The van der Waals surface area contributed by atoms with Crippen LogP contribution in [-0.2, 0) is 32.6 Å². The molecule has 0 saturated carbocycles. The predicted molar refractivity (Wildman–Crippen MR) is 156 cm³/mol. The van der Waals surface area contributed by atoms with Gasteiger partial charge in [0.25, 0.3) is 0 Å². The van der Waals surface area contributed by atoms with Crippen LogP contribution in [0.3, 0.4) is 0 Å². The molecule has 1 atom stereocenters. The Morgan fingerprint density at radius 3 is 2.17 bits per heavy atom. The van der Waals surface area contributed by atoms with E-state index in [1.54, 1.807) is 12.1 Å². The van der Waals surface area contributed by atoms with Crippen LogP contribution in [0.15, 0.2) is 72.8 Å². The topological polar surface area (TPSA) is 105 Å². The number of nitrogens with zero attached hydrogens (tertiary/aromatic N) is 2. The number of ether oxygens (including phenoxy) is 2. The van der Waals surface area contributed by atoms with Crippen molar-refractivity contribution in [2.45, 2.75) is 32.9 Å². The summed E-state index contributed by atoms with van der Waals surface area (Å²) < 4.78 is 37.5. The van der Waals surface area contributed by atoms with Gasteiger partial charge in [0.05, 0.1) is 26.2 Å². The Kier molecular flexibility index (Phi) is 10.6. The number of carbonyl (C=O) groups is 2. The largest absolute Gasteiger partial charge is 0.493 e. The van der Waals surface area contributed by atoms with E-state index < -0.39 is 28.5 Å². The Hall–Kier alpha value is -4.05. The molecule has 3 rings (SSSR count). The maximum atomic E-state index is 14.1. The molecule has 0 bridgehead atoms. The van der Waals surface area contributed by atoms with Crippen LogP contribution in [0.5, 0.6) is 11.5 Å². The normalized spacial score (nSPS) is 11.8. The number of amides is 2. The lowest BCUT2D eigenvalue weighted by atomic mass is 10.0. The number of hydrogen-bond acceptors (Lipinski definition) is 6. The van der Waals surface area contributed by atoms with Crippen LogP contribution < -0.4 is 19.1 Å². The lowest BCUT2D eigenvalue weighted by Crippen LogP contribution is -2.53. The van der Waals surface area contributed by atoms with Gasteiger partial charge in [-0.25, -0.2) is 8.42 Å². The Labute approximate surface area is 236 Å². The van der Waals surface area contributed by atoms with Gasteiger partial charge in [0.2, 0.25) is 21.8 Å². The van der Waals surface area contributed by atoms with Crippen molar-refractivity contribution < 1.29 is 27.5 Å². The fourth-order valence-corrected chi connectivity index (χ4v) is 5.29. The lowest BCUT2D eigenvalue weighted by Gasteiger charge is -2.33. The number of methoxy groups -OCH3 is 2. The Morgan fingerprint density at radius 1 is 0.900 bits per heavy atom. The molecule has 0 fully saturated rings. The highest BCUT2D eigenvalue weighted by Gasteiger charge is 2.33. The molecule has 10 heteroatoms. The van der Waals surface area contributed by atoms with Gasteiger partial charge in [-0.1, -0.05) is 60.2 Å². The first-order valence-electron chi connectivity index (χ1n) is 12.9. The summed E-state index contributed by atoms with van der Waals surface area (Å²) in [6.45, 7) is 3.76. The van der Waals surface area contributed by atoms with Gasteiger partial charge in [-0.2, -0.15) is 0 Å². The molecule has 9 nitrogen and oxygen atoms in total. The molecule has 0 heterocycles. The van der Waals surface area contributed by atoms with Crippen molar-refractivity contribution in [1.29, 1.82) is 0 Å². The zero-order valence-electron chi connectivity index (χ0n) is 23.6. The summed E-state index contributed by atoms with van der Waals surface area (Å²) in [5, 5.41) is 2.85. The van der Waals surface area contributed by atoms with Crippen molar-refractivity contribution in [3.05, 3.63) is 89.5 Å². The summed E-state index contributed by atoms with van der Waals surface area (Å²) in [5.41, 5.74) is 2.95. The van der Waals surface area contributed by atoms with Gasteiger partial charge in [0.15, 0.2) is 11.5 Å². The van der Waals surface area contributed by atoms with Crippen molar-refractivity contribution in [2.24, 2.45) is 0 Å². The van der Waals surface area contributed by atoms with Gasteiger partial charge in [-0.05, 0) is 37.1 Å². The number of benzene rings is 3. The molecule has 2 amide bonds. The van der Waals surface area contributed by atoms with Crippen molar-refractivity contribution in [1.82, 2.24) is 10.2 Å². The molecule has 3 aromatic rings. The lowest BCUT2D eigenvalue weighted by molar-refractivity contribution is -0.140. The average molecular weight is 568 g/mol. The molecule has 0 radical (unpaired) electrons. The fourth-order valence-electron chi connectivity index (χ4n) is 4.45. The van der Waals surface area contributed by atoms with Gasteiger partial charge >= 0.3 is 0 Å². The summed E-state index contributed by atoms with van der Waals surface area (Å²) in [6, 6.07) is 20.8.